The summed E-state index contributed by atoms with van der Waals surface area (Å²) in [6.07, 6.45) is 2.68. The monoisotopic (exact) mass is 261 g/mol. The Morgan fingerprint density at radius 2 is 2.11 bits per heavy atom. The molecule has 0 fully saturated rings. The average molecular weight is 261 g/mol. The smallest absolute Gasteiger partial charge is 0.223 e. The Balaban J connectivity index is 2.26. The van der Waals surface area contributed by atoms with E-state index < -0.39 is 6.10 Å². The van der Waals surface area contributed by atoms with Gasteiger partial charge in [0.05, 0.1) is 12.1 Å². The molecule has 1 aliphatic carbocycles. The molecule has 2 rings (SSSR count). The molecule has 1 aliphatic rings. The lowest BCUT2D eigenvalue weighted by atomic mass is 9.85. The van der Waals surface area contributed by atoms with Crippen LogP contribution in [-0.2, 0) is 11.2 Å². The number of hydrogen-bond acceptors (Lipinski definition) is 2. The van der Waals surface area contributed by atoms with Crippen LogP contribution in [0.3, 0.4) is 0 Å². The number of fused-ring (bicyclic) bond motifs is 1. The lowest BCUT2D eigenvalue weighted by molar-refractivity contribution is -0.124. The lowest BCUT2D eigenvalue weighted by Gasteiger charge is -2.28. The Labute approximate surface area is 115 Å². The maximum absolute atomic E-state index is 11.9. The minimum atomic E-state index is -0.464. The molecule has 0 aromatic heterocycles. The Hall–Kier alpha value is -1.35. The number of nitrogens with one attached hydrogen (secondary N) is 1. The molecule has 0 saturated carbocycles. The van der Waals surface area contributed by atoms with E-state index in [1.807, 2.05) is 26.0 Å². The Morgan fingerprint density at radius 1 is 1.37 bits per heavy atom. The maximum Gasteiger partial charge on any atom is 0.223 e. The number of aryl methyl sites for hydroxylation is 1. The largest absolute Gasteiger partial charge is 0.389 e. The van der Waals surface area contributed by atoms with Gasteiger partial charge in [-0.15, -0.1) is 0 Å². The van der Waals surface area contributed by atoms with E-state index >= 15 is 0 Å². The lowest BCUT2D eigenvalue weighted by Crippen LogP contribution is -2.33. The summed E-state index contributed by atoms with van der Waals surface area (Å²) in [5.41, 5.74) is 3.40. The summed E-state index contributed by atoms with van der Waals surface area (Å²) in [6, 6.07) is 6.21. The second kappa shape index (κ2) is 5.74. The van der Waals surface area contributed by atoms with Crippen molar-refractivity contribution >= 4 is 5.91 Å². The van der Waals surface area contributed by atoms with Crippen molar-refractivity contribution < 1.29 is 9.90 Å². The molecule has 0 heterocycles. The van der Waals surface area contributed by atoms with Crippen LogP contribution in [0, 0.1) is 5.92 Å². The summed E-state index contributed by atoms with van der Waals surface area (Å²) in [6.45, 7) is 5.59. The van der Waals surface area contributed by atoms with Crippen molar-refractivity contribution in [1.29, 1.82) is 0 Å². The SMILES string of the molecule is CC(C)C(=O)NC1CCCc2ccc(C(C)O)cc21. The quantitative estimate of drug-likeness (QED) is 0.879. The number of amides is 1. The van der Waals surface area contributed by atoms with Crippen molar-refractivity contribution in [1.82, 2.24) is 5.32 Å². The van der Waals surface area contributed by atoms with Gasteiger partial charge in [-0.25, -0.2) is 0 Å². The van der Waals surface area contributed by atoms with Crippen LogP contribution in [0.25, 0.3) is 0 Å². The number of benzene rings is 1. The van der Waals surface area contributed by atoms with E-state index in [0.717, 1.165) is 24.8 Å². The third-order valence-corrected chi connectivity index (χ3v) is 3.81. The van der Waals surface area contributed by atoms with Crippen LogP contribution in [0.15, 0.2) is 18.2 Å². The molecular weight excluding hydrogens is 238 g/mol. The van der Waals surface area contributed by atoms with Gasteiger partial charge < -0.3 is 10.4 Å². The van der Waals surface area contributed by atoms with Gasteiger partial charge in [0.1, 0.15) is 0 Å². The summed E-state index contributed by atoms with van der Waals surface area (Å²) >= 11 is 0. The fourth-order valence-corrected chi connectivity index (χ4v) is 2.57. The van der Waals surface area contributed by atoms with Gasteiger partial charge in [0.25, 0.3) is 0 Å². The molecule has 0 radical (unpaired) electrons. The van der Waals surface area contributed by atoms with E-state index in [-0.39, 0.29) is 17.9 Å². The molecule has 3 nitrogen and oxygen atoms in total. The summed E-state index contributed by atoms with van der Waals surface area (Å²) in [5, 5.41) is 12.8. The van der Waals surface area contributed by atoms with Gasteiger partial charge in [-0.2, -0.15) is 0 Å². The molecule has 0 saturated heterocycles. The molecule has 1 aromatic carbocycles. The van der Waals surface area contributed by atoms with Crippen LogP contribution in [0.5, 0.6) is 0 Å². The van der Waals surface area contributed by atoms with Gasteiger partial charge in [-0.05, 0) is 42.9 Å². The Bertz CT molecular complexity index is 466. The fourth-order valence-electron chi connectivity index (χ4n) is 2.57. The van der Waals surface area contributed by atoms with Crippen LogP contribution in [0.2, 0.25) is 0 Å². The molecule has 19 heavy (non-hydrogen) atoms. The standard InChI is InChI=1S/C16H23NO2/c1-10(2)16(19)17-15-6-4-5-12-7-8-13(11(3)18)9-14(12)15/h7-11,15,18H,4-6H2,1-3H3,(H,17,19). The second-order valence-corrected chi connectivity index (χ2v) is 5.74. The highest BCUT2D eigenvalue weighted by Crippen LogP contribution is 2.32. The highest BCUT2D eigenvalue weighted by Gasteiger charge is 2.23. The van der Waals surface area contributed by atoms with Gasteiger partial charge in [-0.1, -0.05) is 32.0 Å². The molecule has 2 unspecified atom stereocenters. The number of aliphatic hydroxyl groups excluding tert-OH is 1. The van der Waals surface area contributed by atoms with E-state index in [4.69, 9.17) is 0 Å². The maximum atomic E-state index is 11.9. The predicted octanol–water partition coefficient (Wildman–Crippen LogP) is 2.89. The van der Waals surface area contributed by atoms with E-state index in [1.165, 1.54) is 11.1 Å². The molecule has 0 bridgehead atoms. The third-order valence-electron chi connectivity index (χ3n) is 3.81. The zero-order chi connectivity index (χ0) is 14.0. The zero-order valence-electron chi connectivity index (χ0n) is 11.9. The Morgan fingerprint density at radius 3 is 2.74 bits per heavy atom. The summed E-state index contributed by atoms with van der Waals surface area (Å²) in [4.78, 5) is 11.9. The molecule has 1 amide bonds. The first-order valence-corrected chi connectivity index (χ1v) is 7.10. The van der Waals surface area contributed by atoms with Crippen molar-refractivity contribution in [2.75, 3.05) is 0 Å². The van der Waals surface area contributed by atoms with Crippen molar-refractivity contribution in [2.24, 2.45) is 5.92 Å². The normalized spacial score (nSPS) is 19.9. The topological polar surface area (TPSA) is 49.3 Å². The van der Waals surface area contributed by atoms with Gasteiger partial charge in [-0.3, -0.25) is 4.79 Å². The first-order valence-electron chi connectivity index (χ1n) is 7.10. The van der Waals surface area contributed by atoms with Crippen LogP contribution < -0.4 is 5.32 Å². The molecule has 0 aliphatic heterocycles. The first-order chi connectivity index (χ1) is 8.99. The minimum Gasteiger partial charge on any atom is -0.389 e. The number of carbonyl (C=O) groups excluding carboxylic acids is 1. The molecule has 3 heteroatoms. The average Bonchev–Trinajstić information content (AvgIpc) is 2.38. The van der Waals surface area contributed by atoms with Crippen LogP contribution >= 0.6 is 0 Å². The fraction of sp³-hybridized carbons (Fsp3) is 0.562. The number of aliphatic hydroxyl groups is 1. The highest BCUT2D eigenvalue weighted by atomic mass is 16.3. The van der Waals surface area contributed by atoms with Crippen LogP contribution in [-0.4, -0.2) is 11.0 Å². The van der Waals surface area contributed by atoms with Crippen molar-refractivity contribution in [3.05, 3.63) is 34.9 Å². The summed E-state index contributed by atoms with van der Waals surface area (Å²) in [7, 11) is 0. The van der Waals surface area contributed by atoms with E-state index in [9.17, 15) is 9.90 Å². The van der Waals surface area contributed by atoms with Crippen LogP contribution in [0.1, 0.15) is 62.4 Å². The Kier molecular flexibility index (Phi) is 4.25. The van der Waals surface area contributed by atoms with Crippen molar-refractivity contribution in [2.45, 2.75) is 52.2 Å². The van der Waals surface area contributed by atoms with Crippen molar-refractivity contribution in [3.8, 4) is 0 Å². The van der Waals surface area contributed by atoms with E-state index in [1.54, 1.807) is 6.92 Å². The third kappa shape index (κ3) is 3.16. The first kappa shape index (κ1) is 14.1. The number of carbonyl (C=O) groups is 1. The predicted molar refractivity (Wildman–Crippen MR) is 75.7 cm³/mol. The molecule has 0 spiro atoms. The van der Waals surface area contributed by atoms with Gasteiger partial charge in [0.2, 0.25) is 5.91 Å². The highest BCUT2D eigenvalue weighted by molar-refractivity contribution is 5.78. The van der Waals surface area contributed by atoms with E-state index in [0.29, 0.717) is 0 Å². The van der Waals surface area contributed by atoms with E-state index in [2.05, 4.69) is 11.4 Å². The van der Waals surface area contributed by atoms with Gasteiger partial charge >= 0.3 is 0 Å². The molecule has 1 aromatic rings. The molecule has 104 valence electrons. The molecule has 2 N–H and O–H groups in total. The van der Waals surface area contributed by atoms with Gasteiger partial charge in [0.15, 0.2) is 0 Å². The van der Waals surface area contributed by atoms with Crippen molar-refractivity contribution in [3.63, 3.8) is 0 Å². The zero-order valence-corrected chi connectivity index (χ0v) is 11.9. The summed E-state index contributed by atoms with van der Waals surface area (Å²) in [5.74, 6) is 0.102. The molecule has 2 atom stereocenters. The molecular formula is C16H23NO2. The number of hydrogen-bond donors (Lipinski definition) is 2. The van der Waals surface area contributed by atoms with Crippen LogP contribution in [0.4, 0.5) is 0 Å². The summed E-state index contributed by atoms with van der Waals surface area (Å²) < 4.78 is 0. The number of rotatable bonds is 3. The minimum absolute atomic E-state index is 0.00493. The van der Waals surface area contributed by atoms with Gasteiger partial charge in [0, 0.05) is 5.92 Å². The second-order valence-electron chi connectivity index (χ2n) is 5.74.